The van der Waals surface area contributed by atoms with Gasteiger partial charge in [-0.2, -0.15) is 0 Å². The third-order valence-electron chi connectivity index (χ3n) is 3.14. The largest absolute Gasteiger partial charge is 0.453 e. The number of carbonyl (C=O) groups is 1. The van der Waals surface area contributed by atoms with Crippen molar-refractivity contribution in [2.75, 3.05) is 0 Å². The van der Waals surface area contributed by atoms with Crippen molar-refractivity contribution in [1.29, 1.82) is 0 Å². The summed E-state index contributed by atoms with van der Waals surface area (Å²) in [6, 6.07) is 9.45. The molecule has 0 amide bonds. The maximum atomic E-state index is 10.6. The normalized spacial score (nSPS) is 18.1. The molecular weight excluding hydrogens is 216 g/mol. The molecule has 0 fully saturated rings. The van der Waals surface area contributed by atoms with Crippen LogP contribution in [0.2, 0.25) is 0 Å². The molecule has 0 aliphatic heterocycles. The Balaban J connectivity index is 1.99. The second kappa shape index (κ2) is 3.86. The van der Waals surface area contributed by atoms with Crippen molar-refractivity contribution in [3.8, 4) is 11.3 Å². The van der Waals surface area contributed by atoms with E-state index in [9.17, 15) is 9.90 Å². The molecule has 1 aliphatic rings. The molecule has 0 saturated heterocycles. The van der Waals surface area contributed by atoms with E-state index in [1.807, 2.05) is 18.2 Å². The van der Waals surface area contributed by atoms with Crippen molar-refractivity contribution >= 4 is 6.29 Å². The molecular formula is C14H12O3. The number of rotatable bonds is 2. The van der Waals surface area contributed by atoms with Gasteiger partial charge in [-0.15, -0.1) is 0 Å². The van der Waals surface area contributed by atoms with Crippen molar-refractivity contribution in [3.05, 3.63) is 47.2 Å². The lowest BCUT2D eigenvalue weighted by Crippen LogP contribution is -2.03. The molecule has 1 unspecified atom stereocenters. The summed E-state index contributed by atoms with van der Waals surface area (Å²) >= 11 is 0. The average molecular weight is 228 g/mol. The highest BCUT2D eigenvalue weighted by Gasteiger charge is 2.19. The zero-order valence-electron chi connectivity index (χ0n) is 9.22. The molecule has 17 heavy (non-hydrogen) atoms. The molecule has 1 N–H and O–H groups in total. The van der Waals surface area contributed by atoms with Crippen molar-refractivity contribution in [2.45, 2.75) is 18.9 Å². The number of benzene rings is 1. The summed E-state index contributed by atoms with van der Waals surface area (Å²) in [4.78, 5) is 10.6. The lowest BCUT2D eigenvalue weighted by molar-refractivity contribution is 0.110. The van der Waals surface area contributed by atoms with E-state index in [-0.39, 0.29) is 6.10 Å². The van der Waals surface area contributed by atoms with Gasteiger partial charge in [-0.3, -0.25) is 4.79 Å². The Morgan fingerprint density at radius 1 is 1.18 bits per heavy atom. The van der Waals surface area contributed by atoms with E-state index in [1.54, 1.807) is 12.1 Å². The monoisotopic (exact) mass is 228 g/mol. The van der Waals surface area contributed by atoms with Crippen molar-refractivity contribution in [1.82, 2.24) is 0 Å². The van der Waals surface area contributed by atoms with E-state index in [1.165, 1.54) is 11.1 Å². The number of furan rings is 1. The Morgan fingerprint density at radius 3 is 2.76 bits per heavy atom. The summed E-state index contributed by atoms with van der Waals surface area (Å²) in [5, 5.41) is 9.58. The first-order valence-electron chi connectivity index (χ1n) is 5.61. The van der Waals surface area contributed by atoms with Gasteiger partial charge in [0.05, 0.1) is 6.10 Å². The van der Waals surface area contributed by atoms with Crippen LogP contribution in [0.25, 0.3) is 11.3 Å². The third kappa shape index (κ3) is 1.78. The van der Waals surface area contributed by atoms with Crippen molar-refractivity contribution in [2.24, 2.45) is 0 Å². The maximum absolute atomic E-state index is 10.6. The van der Waals surface area contributed by atoms with Gasteiger partial charge in [0.25, 0.3) is 0 Å². The molecule has 0 saturated carbocycles. The Hall–Kier alpha value is -1.87. The Labute approximate surface area is 98.7 Å². The number of aliphatic hydroxyl groups excluding tert-OH is 1. The molecule has 86 valence electrons. The molecule has 1 aromatic heterocycles. The van der Waals surface area contributed by atoms with Gasteiger partial charge in [0.1, 0.15) is 5.76 Å². The average Bonchev–Trinajstić information content (AvgIpc) is 2.92. The van der Waals surface area contributed by atoms with Crippen LogP contribution in [-0.4, -0.2) is 17.5 Å². The smallest absolute Gasteiger partial charge is 0.185 e. The fraction of sp³-hybridized carbons (Fsp3) is 0.214. The highest BCUT2D eigenvalue weighted by Crippen LogP contribution is 2.29. The molecule has 3 rings (SSSR count). The highest BCUT2D eigenvalue weighted by molar-refractivity contribution is 5.73. The van der Waals surface area contributed by atoms with Crippen LogP contribution in [0.15, 0.2) is 34.7 Å². The van der Waals surface area contributed by atoms with Crippen LogP contribution in [0.3, 0.4) is 0 Å². The molecule has 1 heterocycles. The highest BCUT2D eigenvalue weighted by atomic mass is 16.3. The van der Waals surface area contributed by atoms with Gasteiger partial charge in [-0.25, -0.2) is 0 Å². The second-order valence-electron chi connectivity index (χ2n) is 4.37. The van der Waals surface area contributed by atoms with E-state index in [4.69, 9.17) is 4.42 Å². The minimum atomic E-state index is -0.262. The third-order valence-corrected chi connectivity index (χ3v) is 3.14. The van der Waals surface area contributed by atoms with Gasteiger partial charge < -0.3 is 9.52 Å². The minimum absolute atomic E-state index is 0.262. The van der Waals surface area contributed by atoms with E-state index in [0.29, 0.717) is 24.2 Å². The predicted octanol–water partition coefficient (Wildman–Crippen LogP) is 2.22. The van der Waals surface area contributed by atoms with E-state index < -0.39 is 0 Å². The first-order valence-corrected chi connectivity index (χ1v) is 5.61. The number of carbonyl (C=O) groups excluding carboxylic acids is 1. The topological polar surface area (TPSA) is 50.4 Å². The molecule has 2 aromatic rings. The molecule has 0 bridgehead atoms. The van der Waals surface area contributed by atoms with Gasteiger partial charge in [0.15, 0.2) is 12.0 Å². The number of hydrogen-bond donors (Lipinski definition) is 1. The van der Waals surface area contributed by atoms with Gasteiger partial charge >= 0.3 is 0 Å². The van der Waals surface area contributed by atoms with Gasteiger partial charge in [0.2, 0.25) is 0 Å². The van der Waals surface area contributed by atoms with Gasteiger partial charge in [0, 0.05) is 5.56 Å². The molecule has 0 spiro atoms. The second-order valence-corrected chi connectivity index (χ2v) is 4.37. The van der Waals surface area contributed by atoms with Crippen LogP contribution < -0.4 is 0 Å². The predicted molar refractivity (Wildman–Crippen MR) is 62.9 cm³/mol. The summed E-state index contributed by atoms with van der Waals surface area (Å²) in [5.74, 6) is 1.02. The summed E-state index contributed by atoms with van der Waals surface area (Å²) in [6.07, 6.45) is 1.86. The Bertz CT molecular complexity index is 569. The fourth-order valence-electron chi connectivity index (χ4n) is 2.32. The molecule has 3 heteroatoms. The summed E-state index contributed by atoms with van der Waals surface area (Å²) in [6.45, 7) is 0. The molecule has 1 atom stereocenters. The van der Waals surface area contributed by atoms with E-state index >= 15 is 0 Å². The standard InChI is InChI=1S/C14H12O3/c15-8-13-3-4-14(17-13)10-2-1-9-6-12(16)7-11(9)5-10/h1-5,8,12,16H,6-7H2. The van der Waals surface area contributed by atoms with Crippen LogP contribution in [0.4, 0.5) is 0 Å². The SMILES string of the molecule is O=Cc1ccc(-c2ccc3c(c2)CC(O)C3)o1. The van der Waals surface area contributed by atoms with Crippen molar-refractivity contribution < 1.29 is 14.3 Å². The summed E-state index contributed by atoms with van der Waals surface area (Å²) in [7, 11) is 0. The number of aliphatic hydroxyl groups is 1. The number of aldehydes is 1. The molecule has 1 aliphatic carbocycles. The first-order chi connectivity index (χ1) is 8.26. The van der Waals surface area contributed by atoms with Gasteiger partial charge in [-0.1, -0.05) is 12.1 Å². The minimum Gasteiger partial charge on any atom is -0.453 e. The molecule has 3 nitrogen and oxygen atoms in total. The Morgan fingerprint density at radius 2 is 2.00 bits per heavy atom. The van der Waals surface area contributed by atoms with Gasteiger partial charge in [-0.05, 0) is 42.2 Å². The Kier molecular flexibility index (Phi) is 2.34. The van der Waals surface area contributed by atoms with Crippen LogP contribution in [0, 0.1) is 0 Å². The first kappa shape index (κ1) is 10.3. The number of fused-ring (bicyclic) bond motifs is 1. The van der Waals surface area contributed by atoms with Crippen LogP contribution >= 0.6 is 0 Å². The zero-order valence-corrected chi connectivity index (χ0v) is 9.22. The van der Waals surface area contributed by atoms with Crippen LogP contribution in [-0.2, 0) is 12.8 Å². The van der Waals surface area contributed by atoms with E-state index in [0.717, 1.165) is 12.0 Å². The lowest BCUT2D eigenvalue weighted by atomic mass is 10.1. The van der Waals surface area contributed by atoms with E-state index in [2.05, 4.69) is 0 Å². The zero-order chi connectivity index (χ0) is 11.8. The number of hydrogen-bond acceptors (Lipinski definition) is 3. The molecule has 1 aromatic carbocycles. The fourth-order valence-corrected chi connectivity index (χ4v) is 2.32. The maximum Gasteiger partial charge on any atom is 0.185 e. The quantitative estimate of drug-likeness (QED) is 0.802. The molecule has 0 radical (unpaired) electrons. The lowest BCUT2D eigenvalue weighted by Gasteiger charge is -2.01. The summed E-state index contributed by atoms with van der Waals surface area (Å²) in [5.41, 5.74) is 3.31. The summed E-state index contributed by atoms with van der Waals surface area (Å²) < 4.78 is 5.37. The van der Waals surface area contributed by atoms with Crippen molar-refractivity contribution in [3.63, 3.8) is 0 Å². The van der Waals surface area contributed by atoms with Crippen LogP contribution in [0.5, 0.6) is 0 Å². The van der Waals surface area contributed by atoms with Crippen LogP contribution in [0.1, 0.15) is 21.7 Å².